The van der Waals surface area contributed by atoms with Crippen molar-refractivity contribution in [2.24, 2.45) is 0 Å². The molecule has 0 amide bonds. The number of anilines is 1. The van der Waals surface area contributed by atoms with Crippen LogP contribution in [0, 0.1) is 0 Å². The molecule has 1 aliphatic rings. The minimum atomic E-state index is 0.243. The minimum absolute atomic E-state index is 0.243. The number of fused-ring (bicyclic) bond motifs is 1. The van der Waals surface area contributed by atoms with Crippen molar-refractivity contribution < 1.29 is 0 Å². The quantitative estimate of drug-likeness (QED) is 0.762. The zero-order valence-corrected chi connectivity index (χ0v) is 12.0. The fourth-order valence-electron chi connectivity index (χ4n) is 2.92. The second-order valence-electron chi connectivity index (χ2n) is 5.34. The van der Waals surface area contributed by atoms with Crippen molar-refractivity contribution in [1.29, 1.82) is 0 Å². The first-order valence-electron chi connectivity index (χ1n) is 6.98. The average molecular weight is 275 g/mol. The van der Waals surface area contributed by atoms with E-state index in [-0.39, 0.29) is 5.38 Å². The molecule has 0 bridgehead atoms. The Bertz CT molecular complexity index is 569. The summed E-state index contributed by atoms with van der Waals surface area (Å²) >= 11 is 6.48. The highest BCUT2D eigenvalue weighted by Gasteiger charge is 2.27. The van der Waals surface area contributed by atoms with E-state index >= 15 is 0 Å². The van der Waals surface area contributed by atoms with Gasteiger partial charge in [-0.25, -0.2) is 4.98 Å². The molecule has 100 valence electrons. The SMILES string of the molecule is CN(c1ccc2ccccc2n1)C1CCCCC1Cl. The minimum Gasteiger partial charge on any atom is -0.355 e. The first-order valence-corrected chi connectivity index (χ1v) is 7.42. The topological polar surface area (TPSA) is 16.1 Å². The van der Waals surface area contributed by atoms with Crippen LogP contribution in [-0.2, 0) is 0 Å². The first-order chi connectivity index (χ1) is 9.25. The number of para-hydroxylation sites is 1. The molecule has 0 N–H and O–H groups in total. The molecule has 1 aromatic heterocycles. The number of aromatic nitrogens is 1. The molecule has 0 saturated heterocycles. The van der Waals surface area contributed by atoms with E-state index in [1.54, 1.807) is 0 Å². The normalized spacial score (nSPS) is 23.5. The summed E-state index contributed by atoms with van der Waals surface area (Å²) in [6.45, 7) is 0. The van der Waals surface area contributed by atoms with E-state index in [0.29, 0.717) is 6.04 Å². The van der Waals surface area contributed by atoms with E-state index in [2.05, 4.69) is 36.2 Å². The van der Waals surface area contributed by atoms with Gasteiger partial charge in [-0.2, -0.15) is 0 Å². The van der Waals surface area contributed by atoms with E-state index < -0.39 is 0 Å². The molecule has 2 atom stereocenters. The van der Waals surface area contributed by atoms with Gasteiger partial charge >= 0.3 is 0 Å². The van der Waals surface area contributed by atoms with Gasteiger partial charge in [0, 0.05) is 18.5 Å². The van der Waals surface area contributed by atoms with Crippen LogP contribution in [0.2, 0.25) is 0 Å². The van der Waals surface area contributed by atoms with Crippen LogP contribution in [0.15, 0.2) is 36.4 Å². The molecule has 0 spiro atoms. The predicted molar refractivity (Wildman–Crippen MR) is 82.0 cm³/mol. The van der Waals surface area contributed by atoms with E-state index in [1.165, 1.54) is 24.6 Å². The van der Waals surface area contributed by atoms with Gasteiger partial charge in [0.1, 0.15) is 5.82 Å². The predicted octanol–water partition coefficient (Wildman–Crippen LogP) is 4.22. The van der Waals surface area contributed by atoms with Crippen molar-refractivity contribution in [3.8, 4) is 0 Å². The van der Waals surface area contributed by atoms with Crippen molar-refractivity contribution in [3.63, 3.8) is 0 Å². The lowest BCUT2D eigenvalue weighted by Crippen LogP contribution is -2.41. The summed E-state index contributed by atoms with van der Waals surface area (Å²) in [7, 11) is 2.11. The van der Waals surface area contributed by atoms with E-state index in [0.717, 1.165) is 17.8 Å². The fourth-order valence-corrected chi connectivity index (χ4v) is 3.37. The summed E-state index contributed by atoms with van der Waals surface area (Å²) in [5, 5.41) is 1.43. The van der Waals surface area contributed by atoms with Gasteiger partial charge in [0.05, 0.1) is 10.9 Å². The molecule has 1 heterocycles. The Balaban J connectivity index is 1.90. The summed E-state index contributed by atoms with van der Waals surface area (Å²) in [5.74, 6) is 1.02. The van der Waals surface area contributed by atoms with Crippen LogP contribution in [0.3, 0.4) is 0 Å². The maximum absolute atomic E-state index is 6.48. The number of benzene rings is 1. The molecule has 2 unspecified atom stereocenters. The Kier molecular flexibility index (Phi) is 3.61. The average Bonchev–Trinajstić information content (AvgIpc) is 2.46. The highest BCUT2D eigenvalue weighted by molar-refractivity contribution is 6.21. The Morgan fingerprint density at radius 1 is 1.11 bits per heavy atom. The standard InChI is InChI=1S/C16H19ClN2/c1-19(15-9-5-3-7-13(15)17)16-11-10-12-6-2-4-8-14(12)18-16/h2,4,6,8,10-11,13,15H,3,5,7,9H2,1H3. The fraction of sp³-hybridized carbons (Fsp3) is 0.438. The van der Waals surface area contributed by atoms with E-state index in [1.807, 2.05) is 12.1 Å². The smallest absolute Gasteiger partial charge is 0.129 e. The second kappa shape index (κ2) is 5.38. The Hall–Kier alpha value is -1.28. The molecule has 19 heavy (non-hydrogen) atoms. The molecule has 1 aromatic carbocycles. The van der Waals surface area contributed by atoms with Crippen molar-refractivity contribution in [2.75, 3.05) is 11.9 Å². The Morgan fingerprint density at radius 3 is 2.74 bits per heavy atom. The largest absolute Gasteiger partial charge is 0.355 e. The van der Waals surface area contributed by atoms with Crippen LogP contribution < -0.4 is 4.90 Å². The van der Waals surface area contributed by atoms with Crippen LogP contribution in [0.25, 0.3) is 10.9 Å². The molecule has 3 heteroatoms. The summed E-state index contributed by atoms with van der Waals surface area (Å²) < 4.78 is 0. The van der Waals surface area contributed by atoms with Crippen LogP contribution in [0.5, 0.6) is 0 Å². The van der Waals surface area contributed by atoms with Crippen molar-refractivity contribution >= 4 is 28.3 Å². The highest BCUT2D eigenvalue weighted by atomic mass is 35.5. The molecule has 1 saturated carbocycles. The van der Waals surface area contributed by atoms with E-state index in [9.17, 15) is 0 Å². The van der Waals surface area contributed by atoms with Crippen molar-refractivity contribution in [2.45, 2.75) is 37.1 Å². The lowest BCUT2D eigenvalue weighted by atomic mass is 9.94. The van der Waals surface area contributed by atoms with Gasteiger partial charge in [0.2, 0.25) is 0 Å². The van der Waals surface area contributed by atoms with Crippen LogP contribution in [-0.4, -0.2) is 23.5 Å². The highest BCUT2D eigenvalue weighted by Crippen LogP contribution is 2.29. The number of nitrogens with zero attached hydrogens (tertiary/aromatic N) is 2. The van der Waals surface area contributed by atoms with Crippen LogP contribution in [0.1, 0.15) is 25.7 Å². The molecular formula is C16H19ClN2. The maximum Gasteiger partial charge on any atom is 0.129 e. The van der Waals surface area contributed by atoms with Crippen LogP contribution in [0.4, 0.5) is 5.82 Å². The lowest BCUT2D eigenvalue weighted by Gasteiger charge is -2.35. The zero-order chi connectivity index (χ0) is 13.2. The number of halogens is 1. The third-order valence-electron chi connectivity index (χ3n) is 4.09. The van der Waals surface area contributed by atoms with Crippen LogP contribution >= 0.6 is 11.6 Å². The second-order valence-corrected chi connectivity index (χ2v) is 5.90. The third-order valence-corrected chi connectivity index (χ3v) is 4.60. The molecule has 1 fully saturated rings. The van der Waals surface area contributed by atoms with Crippen molar-refractivity contribution in [3.05, 3.63) is 36.4 Å². The third kappa shape index (κ3) is 2.55. The molecular weight excluding hydrogens is 256 g/mol. The van der Waals surface area contributed by atoms with Gasteiger partial charge in [0.15, 0.2) is 0 Å². The summed E-state index contributed by atoms with van der Waals surface area (Å²) in [5.41, 5.74) is 1.05. The van der Waals surface area contributed by atoms with Gasteiger partial charge in [-0.1, -0.05) is 31.0 Å². The number of hydrogen-bond donors (Lipinski definition) is 0. The zero-order valence-electron chi connectivity index (χ0n) is 11.2. The number of alkyl halides is 1. The van der Waals surface area contributed by atoms with Gasteiger partial charge < -0.3 is 4.90 Å². The molecule has 3 rings (SSSR count). The number of rotatable bonds is 2. The number of hydrogen-bond acceptors (Lipinski definition) is 2. The summed E-state index contributed by atoms with van der Waals surface area (Å²) in [6.07, 6.45) is 4.80. The Labute approximate surface area is 119 Å². The monoisotopic (exact) mass is 274 g/mol. The van der Waals surface area contributed by atoms with Crippen molar-refractivity contribution in [1.82, 2.24) is 4.98 Å². The van der Waals surface area contributed by atoms with Gasteiger partial charge in [-0.15, -0.1) is 11.6 Å². The molecule has 2 nitrogen and oxygen atoms in total. The summed E-state index contributed by atoms with van der Waals surface area (Å²) in [6, 6.07) is 12.9. The molecule has 2 aromatic rings. The molecule has 1 aliphatic carbocycles. The van der Waals surface area contributed by atoms with Gasteiger partial charge in [-0.3, -0.25) is 0 Å². The molecule has 0 aliphatic heterocycles. The maximum atomic E-state index is 6.48. The first kappa shape index (κ1) is 12.7. The summed E-state index contributed by atoms with van der Waals surface area (Å²) in [4.78, 5) is 7.01. The number of pyridine rings is 1. The van der Waals surface area contributed by atoms with Gasteiger partial charge in [0.25, 0.3) is 0 Å². The Morgan fingerprint density at radius 2 is 1.89 bits per heavy atom. The van der Waals surface area contributed by atoms with Gasteiger partial charge in [-0.05, 0) is 31.0 Å². The molecule has 0 radical (unpaired) electrons. The van der Waals surface area contributed by atoms with E-state index in [4.69, 9.17) is 16.6 Å². The lowest BCUT2D eigenvalue weighted by molar-refractivity contribution is 0.433.